The maximum absolute atomic E-state index is 11.8. The van der Waals surface area contributed by atoms with E-state index in [2.05, 4.69) is 40.3 Å². The van der Waals surface area contributed by atoms with Crippen molar-refractivity contribution < 1.29 is 9.53 Å². The zero-order valence-corrected chi connectivity index (χ0v) is 14.3. The van der Waals surface area contributed by atoms with Gasteiger partial charge in [0.05, 0.1) is 12.5 Å². The molecule has 0 saturated heterocycles. The van der Waals surface area contributed by atoms with Crippen LogP contribution < -0.4 is 0 Å². The maximum Gasteiger partial charge on any atom is 0.309 e. The van der Waals surface area contributed by atoms with Crippen LogP contribution in [0.4, 0.5) is 0 Å². The lowest BCUT2D eigenvalue weighted by molar-refractivity contribution is -0.148. The topological polar surface area (TPSA) is 52.1 Å². The van der Waals surface area contributed by atoms with Crippen LogP contribution in [-0.2, 0) is 9.53 Å². The van der Waals surface area contributed by atoms with Gasteiger partial charge in [0, 0.05) is 18.0 Å². The normalized spacial score (nSPS) is 17.2. The van der Waals surface area contributed by atoms with Crippen LogP contribution in [0.5, 0.6) is 0 Å². The number of carbonyl (C=O) groups is 1. The third-order valence-corrected chi connectivity index (χ3v) is 4.44. The smallest absolute Gasteiger partial charge is 0.309 e. The summed E-state index contributed by atoms with van der Waals surface area (Å²) in [7, 11) is 0. The Balaban J connectivity index is 1.70. The summed E-state index contributed by atoms with van der Waals surface area (Å²) in [5, 5.41) is 0.249. The molecular formula is C19H19ClN2O2. The molecule has 0 saturated carbocycles. The molecule has 124 valence electrons. The lowest BCUT2D eigenvalue weighted by Gasteiger charge is -2.20. The van der Waals surface area contributed by atoms with Crippen LogP contribution in [0.3, 0.4) is 0 Å². The summed E-state index contributed by atoms with van der Waals surface area (Å²) in [6, 6.07) is 8.31. The predicted molar refractivity (Wildman–Crippen MR) is 94.4 cm³/mol. The fourth-order valence-corrected chi connectivity index (χ4v) is 3.01. The van der Waals surface area contributed by atoms with Gasteiger partial charge in [-0.2, -0.15) is 0 Å². The third-order valence-electron chi connectivity index (χ3n) is 4.24. The van der Waals surface area contributed by atoms with Crippen LogP contribution in [0.2, 0.25) is 5.28 Å². The number of benzene rings is 1. The van der Waals surface area contributed by atoms with E-state index in [1.54, 1.807) is 12.4 Å². The molecule has 0 aliphatic heterocycles. The molecule has 1 aromatic carbocycles. The van der Waals surface area contributed by atoms with E-state index < -0.39 is 0 Å². The van der Waals surface area contributed by atoms with Crippen molar-refractivity contribution in [3.05, 3.63) is 53.6 Å². The van der Waals surface area contributed by atoms with Crippen LogP contribution in [0.1, 0.15) is 31.7 Å². The van der Waals surface area contributed by atoms with E-state index in [0.29, 0.717) is 6.61 Å². The average molecular weight is 343 g/mol. The number of aromatic nitrogens is 2. The van der Waals surface area contributed by atoms with Crippen molar-refractivity contribution >= 4 is 23.1 Å². The summed E-state index contributed by atoms with van der Waals surface area (Å²) >= 11 is 5.72. The van der Waals surface area contributed by atoms with Gasteiger partial charge in [-0.25, -0.2) is 9.97 Å². The van der Waals surface area contributed by atoms with Crippen LogP contribution in [0, 0.1) is 5.92 Å². The number of allylic oxidation sites excluding steroid dienone is 2. The molecule has 1 aliphatic carbocycles. The van der Waals surface area contributed by atoms with Crippen molar-refractivity contribution in [1.82, 2.24) is 9.97 Å². The van der Waals surface area contributed by atoms with Gasteiger partial charge in [0.2, 0.25) is 5.28 Å². The molecule has 5 heteroatoms. The van der Waals surface area contributed by atoms with Crippen LogP contribution in [0.15, 0.2) is 42.7 Å². The Kier molecular flexibility index (Phi) is 5.26. The minimum atomic E-state index is -0.0779. The molecule has 4 nitrogen and oxygen atoms in total. The average Bonchev–Trinajstić information content (AvgIpc) is 2.63. The Hall–Kier alpha value is -2.20. The van der Waals surface area contributed by atoms with E-state index in [-0.39, 0.29) is 17.2 Å². The van der Waals surface area contributed by atoms with E-state index in [4.69, 9.17) is 16.3 Å². The summed E-state index contributed by atoms with van der Waals surface area (Å²) in [5.41, 5.74) is 4.47. The van der Waals surface area contributed by atoms with E-state index in [9.17, 15) is 4.79 Å². The molecule has 0 fully saturated rings. The lowest BCUT2D eigenvalue weighted by atomic mass is 9.86. The molecule has 0 bridgehead atoms. The van der Waals surface area contributed by atoms with Crippen molar-refractivity contribution in [2.24, 2.45) is 5.92 Å². The maximum atomic E-state index is 11.8. The van der Waals surface area contributed by atoms with Gasteiger partial charge in [0.1, 0.15) is 0 Å². The van der Waals surface area contributed by atoms with Crippen molar-refractivity contribution in [3.8, 4) is 11.1 Å². The third kappa shape index (κ3) is 3.82. The fourth-order valence-electron chi connectivity index (χ4n) is 2.91. The minimum Gasteiger partial charge on any atom is -0.466 e. The monoisotopic (exact) mass is 342 g/mol. The molecule has 0 N–H and O–H groups in total. The zero-order chi connectivity index (χ0) is 16.9. The zero-order valence-electron chi connectivity index (χ0n) is 13.5. The summed E-state index contributed by atoms with van der Waals surface area (Å²) in [6.07, 6.45) is 8.08. The van der Waals surface area contributed by atoms with Gasteiger partial charge in [0.15, 0.2) is 0 Å². The Morgan fingerprint density at radius 1 is 1.17 bits per heavy atom. The van der Waals surface area contributed by atoms with E-state index in [1.165, 1.54) is 11.1 Å². The molecule has 1 aliphatic rings. The Morgan fingerprint density at radius 3 is 2.42 bits per heavy atom. The number of hydrogen-bond acceptors (Lipinski definition) is 4. The summed E-state index contributed by atoms with van der Waals surface area (Å²) in [5.74, 6) is -0.0786. The highest BCUT2D eigenvalue weighted by Crippen LogP contribution is 2.32. The second kappa shape index (κ2) is 7.58. The standard InChI is InChI=1S/C19H19ClN2O2/c1-2-24-18(23)16-9-7-14(8-10-16)13-3-5-15(6-4-13)17-11-21-19(20)22-12-17/h3-7,11-12,16H,2,8-10H2,1H3. The Bertz CT molecular complexity index is 739. The van der Waals surface area contributed by atoms with Gasteiger partial charge >= 0.3 is 5.97 Å². The predicted octanol–water partition coefficient (Wildman–Crippen LogP) is 4.54. The number of hydrogen-bond donors (Lipinski definition) is 0. The quantitative estimate of drug-likeness (QED) is 0.604. The first-order chi connectivity index (χ1) is 11.7. The SMILES string of the molecule is CCOC(=O)C1CC=C(c2ccc(-c3cnc(Cl)nc3)cc2)CC1. The molecule has 0 spiro atoms. The van der Waals surface area contributed by atoms with Crippen molar-refractivity contribution in [3.63, 3.8) is 0 Å². The fraction of sp³-hybridized carbons (Fsp3) is 0.316. The van der Waals surface area contributed by atoms with Gasteiger partial charge in [-0.05, 0) is 54.5 Å². The number of esters is 1. The van der Waals surface area contributed by atoms with E-state index >= 15 is 0 Å². The minimum absolute atomic E-state index is 0.000751. The molecule has 0 radical (unpaired) electrons. The number of ether oxygens (including phenoxy) is 1. The van der Waals surface area contributed by atoms with Gasteiger partial charge < -0.3 is 4.74 Å². The first-order valence-corrected chi connectivity index (χ1v) is 8.49. The van der Waals surface area contributed by atoms with Gasteiger partial charge in [-0.3, -0.25) is 4.79 Å². The summed E-state index contributed by atoms with van der Waals surface area (Å²) < 4.78 is 5.11. The molecule has 1 unspecified atom stereocenters. The highest BCUT2D eigenvalue weighted by atomic mass is 35.5. The molecule has 3 rings (SSSR count). The molecule has 1 heterocycles. The van der Waals surface area contributed by atoms with Gasteiger partial charge in [-0.1, -0.05) is 30.3 Å². The summed E-state index contributed by atoms with van der Waals surface area (Å²) in [4.78, 5) is 19.8. The first kappa shape index (κ1) is 16.7. The van der Waals surface area contributed by atoms with Crippen molar-refractivity contribution in [2.45, 2.75) is 26.2 Å². The number of carbonyl (C=O) groups excluding carboxylic acids is 1. The Morgan fingerprint density at radius 2 is 1.83 bits per heavy atom. The van der Waals surface area contributed by atoms with Crippen LogP contribution >= 0.6 is 11.6 Å². The molecule has 1 aromatic heterocycles. The molecule has 0 amide bonds. The number of nitrogens with zero attached hydrogens (tertiary/aromatic N) is 2. The van der Waals surface area contributed by atoms with Crippen molar-refractivity contribution in [1.29, 1.82) is 0 Å². The summed E-state index contributed by atoms with van der Waals surface area (Å²) in [6.45, 7) is 2.29. The second-order valence-electron chi connectivity index (χ2n) is 5.77. The molecule has 24 heavy (non-hydrogen) atoms. The number of halogens is 1. The van der Waals surface area contributed by atoms with Crippen LogP contribution in [0.25, 0.3) is 16.7 Å². The second-order valence-corrected chi connectivity index (χ2v) is 6.11. The van der Waals surface area contributed by atoms with Crippen molar-refractivity contribution in [2.75, 3.05) is 6.61 Å². The molecule has 1 atom stereocenters. The molecular weight excluding hydrogens is 324 g/mol. The van der Waals surface area contributed by atoms with Gasteiger partial charge in [-0.15, -0.1) is 0 Å². The highest BCUT2D eigenvalue weighted by molar-refractivity contribution is 6.28. The lowest BCUT2D eigenvalue weighted by Crippen LogP contribution is -2.19. The van der Waals surface area contributed by atoms with E-state index in [0.717, 1.165) is 30.4 Å². The number of rotatable bonds is 4. The van der Waals surface area contributed by atoms with Gasteiger partial charge in [0.25, 0.3) is 0 Å². The molecule has 2 aromatic rings. The first-order valence-electron chi connectivity index (χ1n) is 8.11. The highest BCUT2D eigenvalue weighted by Gasteiger charge is 2.22. The Labute approximate surface area is 146 Å². The van der Waals surface area contributed by atoms with Crippen LogP contribution in [-0.4, -0.2) is 22.5 Å². The van der Waals surface area contributed by atoms with E-state index in [1.807, 2.05) is 6.92 Å². The largest absolute Gasteiger partial charge is 0.466 e.